The van der Waals surface area contributed by atoms with Gasteiger partial charge in [-0.25, -0.2) is 0 Å². The monoisotopic (exact) mass is 291 g/mol. The molecular weight excluding hydrogens is 270 g/mol. The summed E-state index contributed by atoms with van der Waals surface area (Å²) in [4.78, 5) is 24.0. The van der Waals surface area contributed by atoms with Gasteiger partial charge in [-0.15, -0.1) is 0 Å². The van der Waals surface area contributed by atoms with E-state index in [4.69, 9.17) is 0 Å². The predicted molar refractivity (Wildman–Crippen MR) is 79.8 cm³/mol. The maximum Gasteiger partial charge on any atom is 0.269 e. The zero-order valence-electron chi connectivity index (χ0n) is 12.2. The molecule has 1 aliphatic carbocycles. The number of carbonyl (C=O) groups is 1. The summed E-state index contributed by atoms with van der Waals surface area (Å²) in [6.07, 6.45) is 4.74. The fourth-order valence-corrected chi connectivity index (χ4v) is 2.63. The van der Waals surface area contributed by atoms with E-state index in [9.17, 15) is 14.9 Å². The number of nitro groups is 1. The molecule has 0 heterocycles. The average molecular weight is 291 g/mol. The lowest BCUT2D eigenvalue weighted by molar-refractivity contribution is -0.384. The highest BCUT2D eigenvalue weighted by atomic mass is 16.6. The first-order chi connectivity index (χ1) is 10.1. The molecule has 0 atom stereocenters. The van der Waals surface area contributed by atoms with Gasteiger partial charge in [0.15, 0.2) is 0 Å². The second-order valence-corrected chi connectivity index (χ2v) is 5.54. The summed E-state index contributed by atoms with van der Waals surface area (Å²) in [6.45, 7) is 0.711. The molecule has 0 spiro atoms. The van der Waals surface area contributed by atoms with E-state index < -0.39 is 4.92 Å². The van der Waals surface area contributed by atoms with Crippen molar-refractivity contribution in [2.45, 2.75) is 38.3 Å². The van der Waals surface area contributed by atoms with E-state index in [0.29, 0.717) is 19.1 Å². The summed E-state index contributed by atoms with van der Waals surface area (Å²) in [5.41, 5.74) is 0.818. The van der Waals surface area contributed by atoms with Crippen molar-refractivity contribution in [3.05, 3.63) is 39.9 Å². The van der Waals surface area contributed by atoms with Crippen molar-refractivity contribution in [3.63, 3.8) is 0 Å². The molecule has 6 nitrogen and oxygen atoms in total. The molecule has 1 N–H and O–H groups in total. The molecule has 2 rings (SSSR count). The topological polar surface area (TPSA) is 75.5 Å². The average Bonchev–Trinajstić information content (AvgIpc) is 2.98. The van der Waals surface area contributed by atoms with Gasteiger partial charge in [0.1, 0.15) is 0 Å². The summed E-state index contributed by atoms with van der Waals surface area (Å²) in [5, 5.41) is 14.0. The number of hydrogen-bond donors (Lipinski definition) is 1. The summed E-state index contributed by atoms with van der Waals surface area (Å²) in [5.74, 6) is 0.00778. The van der Waals surface area contributed by atoms with Crippen molar-refractivity contribution in [2.24, 2.45) is 0 Å². The maximum absolute atomic E-state index is 12.1. The Morgan fingerprint density at radius 3 is 2.81 bits per heavy atom. The molecule has 21 heavy (non-hydrogen) atoms. The maximum atomic E-state index is 12.1. The van der Waals surface area contributed by atoms with Crippen LogP contribution >= 0.6 is 0 Å². The molecule has 0 radical (unpaired) electrons. The van der Waals surface area contributed by atoms with Crippen molar-refractivity contribution in [2.75, 3.05) is 13.6 Å². The number of hydrogen-bond acceptors (Lipinski definition) is 4. The van der Waals surface area contributed by atoms with Crippen LogP contribution in [0.5, 0.6) is 0 Å². The third-order valence-corrected chi connectivity index (χ3v) is 3.86. The highest BCUT2D eigenvalue weighted by Gasteiger charge is 2.17. The first-order valence-electron chi connectivity index (χ1n) is 7.27. The van der Waals surface area contributed by atoms with Crippen LogP contribution in [-0.4, -0.2) is 35.4 Å². The zero-order chi connectivity index (χ0) is 15.2. The first kappa shape index (κ1) is 15.4. The largest absolute Gasteiger partial charge is 0.340 e. The van der Waals surface area contributed by atoms with Crippen LogP contribution in [0.2, 0.25) is 0 Å². The number of nitro benzene ring substituents is 1. The van der Waals surface area contributed by atoms with E-state index >= 15 is 0 Å². The van der Waals surface area contributed by atoms with Gasteiger partial charge < -0.3 is 10.2 Å². The summed E-state index contributed by atoms with van der Waals surface area (Å²) in [6, 6.07) is 6.85. The lowest BCUT2D eigenvalue weighted by atomic mass is 10.2. The van der Waals surface area contributed by atoms with Crippen molar-refractivity contribution in [1.82, 2.24) is 10.2 Å². The van der Waals surface area contributed by atoms with Crippen molar-refractivity contribution < 1.29 is 9.72 Å². The Kier molecular flexibility index (Phi) is 5.27. The van der Waals surface area contributed by atoms with Crippen LogP contribution in [0.4, 0.5) is 5.69 Å². The third-order valence-electron chi connectivity index (χ3n) is 3.86. The van der Waals surface area contributed by atoms with Gasteiger partial charge in [-0.1, -0.05) is 25.0 Å². The predicted octanol–water partition coefficient (Wildman–Crippen LogP) is 2.09. The minimum atomic E-state index is -0.424. The Labute approximate surface area is 124 Å². The number of likely N-dealkylation sites (N-methyl/N-ethyl adjacent to an activating group) is 1. The van der Waals surface area contributed by atoms with E-state index in [2.05, 4.69) is 5.32 Å². The number of carbonyl (C=O) groups excluding carboxylic acids is 1. The van der Waals surface area contributed by atoms with E-state index in [-0.39, 0.29) is 11.6 Å². The summed E-state index contributed by atoms with van der Waals surface area (Å²) < 4.78 is 0. The van der Waals surface area contributed by atoms with Gasteiger partial charge in [0.2, 0.25) is 5.91 Å². The van der Waals surface area contributed by atoms with E-state index in [0.717, 1.165) is 18.4 Å². The second kappa shape index (κ2) is 7.17. The normalized spacial score (nSPS) is 15.1. The van der Waals surface area contributed by atoms with E-state index in [1.165, 1.54) is 25.0 Å². The van der Waals surface area contributed by atoms with Gasteiger partial charge >= 0.3 is 0 Å². The number of nitrogens with zero attached hydrogens (tertiary/aromatic N) is 2. The Morgan fingerprint density at radius 1 is 1.43 bits per heavy atom. The number of rotatable bonds is 6. The SMILES string of the molecule is CN(Cc1cccc([N+](=O)[O-])c1)C(=O)CNC1CCCC1. The Hall–Kier alpha value is -1.95. The highest BCUT2D eigenvalue weighted by Crippen LogP contribution is 2.17. The van der Waals surface area contributed by atoms with Crippen LogP contribution in [-0.2, 0) is 11.3 Å². The molecule has 0 bridgehead atoms. The minimum Gasteiger partial charge on any atom is -0.340 e. The number of amides is 1. The summed E-state index contributed by atoms with van der Waals surface area (Å²) >= 11 is 0. The minimum absolute atomic E-state index is 0.00778. The fourth-order valence-electron chi connectivity index (χ4n) is 2.63. The van der Waals surface area contributed by atoms with Crippen LogP contribution in [0.15, 0.2) is 24.3 Å². The molecule has 1 aliphatic rings. The first-order valence-corrected chi connectivity index (χ1v) is 7.27. The molecule has 0 saturated heterocycles. The van der Waals surface area contributed by atoms with Gasteiger partial charge in [0.25, 0.3) is 5.69 Å². The van der Waals surface area contributed by atoms with Gasteiger partial charge in [0, 0.05) is 31.8 Å². The summed E-state index contributed by atoms with van der Waals surface area (Å²) in [7, 11) is 1.72. The van der Waals surface area contributed by atoms with Crippen LogP contribution in [0.1, 0.15) is 31.2 Å². The highest BCUT2D eigenvalue weighted by molar-refractivity contribution is 5.78. The van der Waals surface area contributed by atoms with Crippen molar-refractivity contribution in [3.8, 4) is 0 Å². The molecule has 0 aromatic heterocycles. The number of benzene rings is 1. The van der Waals surface area contributed by atoms with Gasteiger partial charge in [0.05, 0.1) is 11.5 Å². The fraction of sp³-hybridized carbons (Fsp3) is 0.533. The van der Waals surface area contributed by atoms with Gasteiger partial charge in [-0.2, -0.15) is 0 Å². The molecule has 1 aromatic carbocycles. The van der Waals surface area contributed by atoms with Gasteiger partial charge in [-0.3, -0.25) is 14.9 Å². The molecular formula is C15H21N3O3. The van der Waals surface area contributed by atoms with Crippen LogP contribution in [0.3, 0.4) is 0 Å². The molecule has 1 saturated carbocycles. The second-order valence-electron chi connectivity index (χ2n) is 5.54. The lowest BCUT2D eigenvalue weighted by Gasteiger charge is -2.19. The molecule has 0 aliphatic heterocycles. The van der Waals surface area contributed by atoms with Crippen LogP contribution < -0.4 is 5.32 Å². The quantitative estimate of drug-likeness (QED) is 0.643. The number of non-ortho nitro benzene ring substituents is 1. The molecule has 1 amide bonds. The third kappa shape index (κ3) is 4.53. The van der Waals surface area contributed by atoms with Crippen molar-refractivity contribution in [1.29, 1.82) is 0 Å². The molecule has 0 unspecified atom stereocenters. The van der Waals surface area contributed by atoms with E-state index in [1.807, 2.05) is 0 Å². The van der Waals surface area contributed by atoms with Gasteiger partial charge in [-0.05, 0) is 18.4 Å². The van der Waals surface area contributed by atoms with Crippen molar-refractivity contribution >= 4 is 11.6 Å². The molecule has 1 aromatic rings. The molecule has 1 fully saturated rings. The van der Waals surface area contributed by atoms with Crippen LogP contribution in [0.25, 0.3) is 0 Å². The zero-order valence-corrected chi connectivity index (χ0v) is 12.2. The number of nitrogens with one attached hydrogen (secondary N) is 1. The Balaban J connectivity index is 1.84. The lowest BCUT2D eigenvalue weighted by Crippen LogP contribution is -2.38. The smallest absolute Gasteiger partial charge is 0.269 e. The molecule has 6 heteroatoms. The Morgan fingerprint density at radius 2 is 2.14 bits per heavy atom. The molecule has 114 valence electrons. The van der Waals surface area contributed by atoms with Crippen LogP contribution in [0, 0.1) is 10.1 Å². The standard InChI is InChI=1S/C15H21N3O3/c1-17(15(19)10-16-13-6-2-3-7-13)11-12-5-4-8-14(9-12)18(20)21/h4-5,8-9,13,16H,2-3,6-7,10-11H2,1H3. The van der Waals surface area contributed by atoms with E-state index in [1.54, 1.807) is 24.1 Å². The Bertz CT molecular complexity index is 513.